The minimum absolute atomic E-state index is 0.0612. The molecule has 0 saturated carbocycles. The predicted molar refractivity (Wildman–Crippen MR) is 126 cm³/mol. The van der Waals surface area contributed by atoms with Gasteiger partial charge in [-0.05, 0) is 48.4 Å². The van der Waals surface area contributed by atoms with E-state index in [1.54, 1.807) is 24.1 Å². The van der Waals surface area contributed by atoms with Gasteiger partial charge in [0, 0.05) is 4.90 Å². The largest absolute Gasteiger partial charge is 0.494 e. The molecule has 4 rings (SSSR count). The first kappa shape index (κ1) is 21.3. The van der Waals surface area contributed by atoms with Crippen molar-refractivity contribution in [1.29, 1.82) is 0 Å². The van der Waals surface area contributed by atoms with E-state index < -0.39 is 0 Å². The van der Waals surface area contributed by atoms with Crippen LogP contribution in [0, 0.1) is 12.7 Å². The van der Waals surface area contributed by atoms with Crippen molar-refractivity contribution in [2.75, 3.05) is 17.8 Å². The normalized spacial score (nSPS) is 10.9. The summed E-state index contributed by atoms with van der Waals surface area (Å²) in [4.78, 5) is 20.6. The summed E-state index contributed by atoms with van der Waals surface area (Å²) in [5.41, 5.74) is 2.87. The Hall–Kier alpha value is -2.90. The number of hydrogen-bond acceptors (Lipinski definition) is 5. The quantitative estimate of drug-likeness (QED) is 0.319. The molecule has 1 aromatic heterocycles. The van der Waals surface area contributed by atoms with E-state index in [1.165, 1.54) is 35.2 Å². The molecule has 1 amide bonds. The number of benzene rings is 3. The molecule has 0 aliphatic carbocycles. The number of fused-ring (bicyclic) bond motifs is 1. The van der Waals surface area contributed by atoms with Crippen LogP contribution < -0.4 is 9.64 Å². The van der Waals surface area contributed by atoms with E-state index in [1.807, 2.05) is 49.4 Å². The third-order valence-electron chi connectivity index (χ3n) is 4.80. The standard InChI is InChI=1S/C24H21FN2O2S2/c1-16-8-13-20(29-2)22-23(16)31-24(26-22)27(14-17-6-4-3-5-7-17)21(28)15-30-19-11-9-18(25)10-12-19/h3-13H,14-15H2,1-2H3. The van der Waals surface area contributed by atoms with E-state index in [0.717, 1.165) is 26.2 Å². The Labute approximate surface area is 188 Å². The Bertz CT molecular complexity index is 1190. The Balaban J connectivity index is 1.65. The summed E-state index contributed by atoms with van der Waals surface area (Å²) in [5, 5.41) is 0.635. The van der Waals surface area contributed by atoms with Gasteiger partial charge >= 0.3 is 0 Å². The highest BCUT2D eigenvalue weighted by molar-refractivity contribution is 8.00. The van der Waals surface area contributed by atoms with Gasteiger partial charge in [0.2, 0.25) is 5.91 Å². The van der Waals surface area contributed by atoms with Gasteiger partial charge in [0.15, 0.2) is 5.13 Å². The Morgan fingerprint density at radius 1 is 1.10 bits per heavy atom. The number of thioether (sulfide) groups is 1. The highest BCUT2D eigenvalue weighted by Crippen LogP contribution is 2.37. The lowest BCUT2D eigenvalue weighted by molar-refractivity contribution is -0.116. The number of aryl methyl sites for hydroxylation is 1. The first-order valence-corrected chi connectivity index (χ1v) is 11.5. The van der Waals surface area contributed by atoms with Crippen molar-refractivity contribution in [3.05, 3.63) is 83.7 Å². The number of thiazole rings is 1. The van der Waals surface area contributed by atoms with Crippen LogP contribution in [0.4, 0.5) is 9.52 Å². The maximum Gasteiger partial charge on any atom is 0.239 e. The van der Waals surface area contributed by atoms with Crippen molar-refractivity contribution in [1.82, 2.24) is 4.98 Å². The molecule has 0 N–H and O–H groups in total. The van der Waals surface area contributed by atoms with Crippen LogP contribution in [-0.2, 0) is 11.3 Å². The second kappa shape index (κ2) is 9.49. The summed E-state index contributed by atoms with van der Waals surface area (Å²) in [6.07, 6.45) is 0. The lowest BCUT2D eigenvalue weighted by Gasteiger charge is -2.20. The van der Waals surface area contributed by atoms with Crippen molar-refractivity contribution in [3.63, 3.8) is 0 Å². The lowest BCUT2D eigenvalue weighted by atomic mass is 10.2. The van der Waals surface area contributed by atoms with Crippen LogP contribution in [0.1, 0.15) is 11.1 Å². The van der Waals surface area contributed by atoms with E-state index in [9.17, 15) is 9.18 Å². The van der Waals surface area contributed by atoms with Crippen LogP contribution in [0.25, 0.3) is 10.2 Å². The maximum atomic E-state index is 13.3. The van der Waals surface area contributed by atoms with Gasteiger partial charge in [-0.1, -0.05) is 47.7 Å². The fraction of sp³-hybridized carbons (Fsp3) is 0.167. The molecule has 4 aromatic rings. The fourth-order valence-corrected chi connectivity index (χ4v) is 5.00. The van der Waals surface area contributed by atoms with Gasteiger partial charge in [-0.25, -0.2) is 9.37 Å². The lowest BCUT2D eigenvalue weighted by Crippen LogP contribution is -2.31. The van der Waals surface area contributed by atoms with Crippen molar-refractivity contribution in [2.45, 2.75) is 18.4 Å². The molecule has 0 radical (unpaired) electrons. The summed E-state index contributed by atoms with van der Waals surface area (Å²) in [5.74, 6) is 0.565. The second-order valence-electron chi connectivity index (χ2n) is 6.97. The number of nitrogens with zero attached hydrogens (tertiary/aromatic N) is 2. The molecular formula is C24H21FN2O2S2. The number of anilines is 1. The molecule has 0 aliphatic rings. The number of halogens is 1. The van der Waals surface area contributed by atoms with Crippen LogP contribution in [-0.4, -0.2) is 23.8 Å². The van der Waals surface area contributed by atoms with Crippen LogP contribution >= 0.6 is 23.1 Å². The third-order valence-corrected chi connectivity index (χ3v) is 7.01. The molecule has 0 aliphatic heterocycles. The summed E-state index contributed by atoms with van der Waals surface area (Å²) in [6, 6.07) is 19.9. The highest BCUT2D eigenvalue weighted by atomic mass is 32.2. The van der Waals surface area contributed by atoms with E-state index in [2.05, 4.69) is 0 Å². The van der Waals surface area contributed by atoms with Gasteiger partial charge in [0.25, 0.3) is 0 Å². The van der Waals surface area contributed by atoms with Gasteiger partial charge in [-0.3, -0.25) is 9.69 Å². The molecule has 4 nitrogen and oxygen atoms in total. The van der Waals surface area contributed by atoms with Gasteiger partial charge in [-0.2, -0.15) is 0 Å². The summed E-state index contributed by atoms with van der Waals surface area (Å²) >= 11 is 2.87. The molecule has 1 heterocycles. The minimum Gasteiger partial charge on any atom is -0.494 e. The minimum atomic E-state index is -0.292. The average molecular weight is 453 g/mol. The number of aromatic nitrogens is 1. The van der Waals surface area contributed by atoms with Gasteiger partial charge < -0.3 is 4.74 Å². The van der Waals surface area contributed by atoms with E-state index >= 15 is 0 Å². The first-order valence-electron chi connectivity index (χ1n) is 9.72. The molecule has 0 spiro atoms. The number of carbonyl (C=O) groups excluding carboxylic acids is 1. The monoisotopic (exact) mass is 452 g/mol. The number of rotatable bonds is 7. The molecule has 7 heteroatoms. The number of ether oxygens (including phenoxy) is 1. The third kappa shape index (κ3) is 4.89. The Kier molecular flexibility index (Phi) is 6.53. The molecule has 3 aromatic carbocycles. The molecule has 0 saturated heterocycles. The molecule has 0 unspecified atom stereocenters. The summed E-state index contributed by atoms with van der Waals surface area (Å²) < 4.78 is 19.7. The second-order valence-corrected chi connectivity index (χ2v) is 8.99. The Morgan fingerprint density at radius 2 is 1.84 bits per heavy atom. The molecule has 0 atom stereocenters. The van der Waals surface area contributed by atoms with Crippen LogP contribution in [0.3, 0.4) is 0 Å². The molecule has 158 valence electrons. The molecular weight excluding hydrogens is 431 g/mol. The first-order chi connectivity index (χ1) is 15.0. The molecule has 0 fully saturated rings. The van der Waals surface area contributed by atoms with Gasteiger partial charge in [0.05, 0.1) is 24.1 Å². The number of amides is 1. The average Bonchev–Trinajstić information content (AvgIpc) is 3.24. The predicted octanol–water partition coefficient (Wildman–Crippen LogP) is 6.08. The van der Waals surface area contributed by atoms with E-state index in [4.69, 9.17) is 9.72 Å². The zero-order valence-corrected chi connectivity index (χ0v) is 18.8. The van der Waals surface area contributed by atoms with Crippen molar-refractivity contribution < 1.29 is 13.9 Å². The topological polar surface area (TPSA) is 42.4 Å². The highest BCUT2D eigenvalue weighted by Gasteiger charge is 2.22. The fourth-order valence-electron chi connectivity index (χ4n) is 3.16. The van der Waals surface area contributed by atoms with Crippen molar-refractivity contribution in [2.24, 2.45) is 0 Å². The van der Waals surface area contributed by atoms with E-state index in [0.29, 0.717) is 17.4 Å². The zero-order chi connectivity index (χ0) is 21.8. The van der Waals surface area contributed by atoms with Crippen LogP contribution in [0.15, 0.2) is 71.6 Å². The van der Waals surface area contributed by atoms with Crippen molar-refractivity contribution in [3.8, 4) is 5.75 Å². The summed E-state index contributed by atoms with van der Waals surface area (Å²) in [7, 11) is 1.62. The van der Waals surface area contributed by atoms with Crippen LogP contribution in [0.5, 0.6) is 5.75 Å². The summed E-state index contributed by atoms with van der Waals surface area (Å²) in [6.45, 7) is 2.45. The maximum absolute atomic E-state index is 13.3. The van der Waals surface area contributed by atoms with Crippen LogP contribution in [0.2, 0.25) is 0 Å². The molecule has 31 heavy (non-hydrogen) atoms. The van der Waals surface area contributed by atoms with Crippen molar-refractivity contribution >= 4 is 44.4 Å². The SMILES string of the molecule is COc1ccc(C)c2sc(N(Cc3ccccc3)C(=O)CSc3ccc(F)cc3)nc12. The van der Waals surface area contributed by atoms with E-state index in [-0.39, 0.29) is 17.5 Å². The molecule has 0 bridgehead atoms. The smallest absolute Gasteiger partial charge is 0.239 e. The number of methoxy groups -OCH3 is 1. The number of hydrogen-bond donors (Lipinski definition) is 0. The van der Waals surface area contributed by atoms with Gasteiger partial charge in [-0.15, -0.1) is 11.8 Å². The zero-order valence-electron chi connectivity index (χ0n) is 17.2. The van der Waals surface area contributed by atoms with Gasteiger partial charge in [0.1, 0.15) is 17.1 Å². The number of carbonyl (C=O) groups is 1. The Morgan fingerprint density at radius 3 is 2.55 bits per heavy atom.